The summed E-state index contributed by atoms with van der Waals surface area (Å²) in [5.74, 6) is -0.673. The van der Waals surface area contributed by atoms with E-state index in [1.807, 2.05) is 0 Å². The van der Waals surface area contributed by atoms with Crippen LogP contribution < -0.4 is 0 Å². The van der Waals surface area contributed by atoms with Crippen LogP contribution in [0.4, 0.5) is 0 Å². The van der Waals surface area contributed by atoms with Crippen LogP contribution >= 0.6 is 0 Å². The second-order valence-corrected chi connectivity index (χ2v) is 7.21. The number of carboxylic acids is 1. The molecule has 0 rings (SSSR count). The van der Waals surface area contributed by atoms with Crippen LogP contribution in [0.5, 0.6) is 0 Å². The van der Waals surface area contributed by atoms with Gasteiger partial charge >= 0.3 is 5.97 Å². The Morgan fingerprint density at radius 3 is 1.16 bits per heavy atom. The van der Waals surface area contributed by atoms with E-state index in [9.17, 15) is 14.9 Å². The molecule has 0 aliphatic rings. The van der Waals surface area contributed by atoms with E-state index < -0.39 is 5.97 Å². The maximum absolute atomic E-state index is 10.4. The van der Waals surface area contributed by atoms with Crippen molar-refractivity contribution >= 4 is 5.97 Å². The van der Waals surface area contributed by atoms with Gasteiger partial charge in [-0.3, -0.25) is 14.9 Å². The van der Waals surface area contributed by atoms with Gasteiger partial charge in [-0.15, -0.1) is 0 Å². The highest BCUT2D eigenvalue weighted by Gasteiger charge is 1.98. The molecule has 0 atom stereocenters. The molecule has 0 unspecified atom stereocenters. The van der Waals surface area contributed by atoms with E-state index in [4.69, 9.17) is 5.11 Å². The normalized spacial score (nSPS) is 10.9. The number of rotatable bonds is 20. The summed E-state index contributed by atoms with van der Waals surface area (Å²) in [5, 5.41) is 18.7. The molecule has 148 valence electrons. The van der Waals surface area contributed by atoms with Crippen LogP contribution in [-0.4, -0.2) is 22.5 Å². The summed E-state index contributed by atoms with van der Waals surface area (Å²) in [6.45, 7) is 0.130. The van der Waals surface area contributed by atoms with Gasteiger partial charge in [0.25, 0.3) is 0 Å². The maximum Gasteiger partial charge on any atom is 0.303 e. The van der Waals surface area contributed by atoms with Gasteiger partial charge < -0.3 is 5.11 Å². The first-order valence-corrected chi connectivity index (χ1v) is 10.5. The summed E-state index contributed by atoms with van der Waals surface area (Å²) in [6.07, 6.45) is 20.7. The van der Waals surface area contributed by atoms with Crippen LogP contribution in [0.25, 0.3) is 0 Å². The van der Waals surface area contributed by atoms with E-state index in [2.05, 4.69) is 0 Å². The van der Waals surface area contributed by atoms with E-state index in [1.54, 1.807) is 0 Å². The fraction of sp³-hybridized carbons (Fsp3) is 0.950. The summed E-state index contributed by atoms with van der Waals surface area (Å²) in [7, 11) is 0. The first-order chi connectivity index (χ1) is 12.1. The van der Waals surface area contributed by atoms with Gasteiger partial charge in [-0.05, 0) is 12.8 Å². The minimum Gasteiger partial charge on any atom is -0.481 e. The average molecular weight is 358 g/mol. The molecular formula is C20H39NO4. The Balaban J connectivity index is 3.00. The topological polar surface area (TPSA) is 80.4 Å². The molecular weight excluding hydrogens is 318 g/mol. The van der Waals surface area contributed by atoms with Gasteiger partial charge in [0.2, 0.25) is 6.54 Å². The molecule has 0 aromatic rings. The van der Waals surface area contributed by atoms with Crippen LogP contribution in [0.2, 0.25) is 0 Å². The maximum atomic E-state index is 10.4. The zero-order chi connectivity index (χ0) is 18.6. The monoisotopic (exact) mass is 357 g/mol. The highest BCUT2D eigenvalue weighted by molar-refractivity contribution is 5.66. The van der Waals surface area contributed by atoms with Crippen molar-refractivity contribution in [1.82, 2.24) is 0 Å². The minimum absolute atomic E-state index is 0.130. The molecule has 0 bridgehead atoms. The zero-order valence-electron chi connectivity index (χ0n) is 16.1. The van der Waals surface area contributed by atoms with Gasteiger partial charge in [0, 0.05) is 17.8 Å². The van der Waals surface area contributed by atoms with Crippen molar-refractivity contribution in [2.24, 2.45) is 0 Å². The van der Waals surface area contributed by atoms with E-state index in [0.29, 0.717) is 6.42 Å². The van der Waals surface area contributed by atoms with E-state index >= 15 is 0 Å². The highest BCUT2D eigenvalue weighted by atomic mass is 16.6. The van der Waals surface area contributed by atoms with Gasteiger partial charge in [-0.1, -0.05) is 89.9 Å². The molecule has 0 spiro atoms. The number of nitrogens with zero attached hydrogens (tertiary/aromatic N) is 1. The van der Waals surface area contributed by atoms with Crippen molar-refractivity contribution in [3.8, 4) is 0 Å². The van der Waals surface area contributed by atoms with E-state index in [1.165, 1.54) is 77.0 Å². The predicted molar refractivity (Wildman–Crippen MR) is 103 cm³/mol. The van der Waals surface area contributed by atoms with Crippen LogP contribution in [0.1, 0.15) is 116 Å². The third-order valence-corrected chi connectivity index (χ3v) is 4.73. The molecule has 5 nitrogen and oxygen atoms in total. The Morgan fingerprint density at radius 1 is 0.600 bits per heavy atom. The Bertz CT molecular complexity index is 291. The van der Waals surface area contributed by atoms with Crippen LogP contribution in [0.15, 0.2) is 0 Å². The predicted octanol–water partition coefficient (Wildman–Crippen LogP) is 6.37. The molecule has 0 amide bonds. The second-order valence-electron chi connectivity index (χ2n) is 7.21. The second kappa shape index (κ2) is 19.2. The molecule has 0 saturated heterocycles. The van der Waals surface area contributed by atoms with Crippen LogP contribution in [-0.2, 0) is 4.79 Å². The number of aliphatic carboxylic acids is 1. The number of unbranched alkanes of at least 4 members (excludes halogenated alkanes) is 16. The Hall–Kier alpha value is -1.13. The third kappa shape index (κ3) is 22.9. The molecule has 0 aliphatic heterocycles. The molecule has 0 saturated carbocycles. The highest BCUT2D eigenvalue weighted by Crippen LogP contribution is 2.14. The smallest absolute Gasteiger partial charge is 0.303 e. The summed E-state index contributed by atoms with van der Waals surface area (Å²) in [5.41, 5.74) is 0. The molecule has 0 heterocycles. The van der Waals surface area contributed by atoms with Crippen LogP contribution in [0.3, 0.4) is 0 Å². The van der Waals surface area contributed by atoms with Crippen molar-refractivity contribution in [3.63, 3.8) is 0 Å². The molecule has 0 aliphatic carbocycles. The van der Waals surface area contributed by atoms with Gasteiger partial charge in [0.05, 0.1) is 0 Å². The third-order valence-electron chi connectivity index (χ3n) is 4.73. The van der Waals surface area contributed by atoms with Crippen molar-refractivity contribution in [3.05, 3.63) is 10.1 Å². The average Bonchev–Trinajstić information content (AvgIpc) is 2.56. The summed E-state index contributed by atoms with van der Waals surface area (Å²) in [4.78, 5) is 20.3. The molecule has 0 fully saturated rings. The molecule has 0 radical (unpaired) electrons. The SMILES string of the molecule is O=C(O)CCCCCCCCCCCCCCCCCCC[N+](=O)[O-]. The first-order valence-electron chi connectivity index (χ1n) is 10.5. The Morgan fingerprint density at radius 2 is 0.880 bits per heavy atom. The van der Waals surface area contributed by atoms with Crippen molar-refractivity contribution < 1.29 is 14.8 Å². The summed E-state index contributed by atoms with van der Waals surface area (Å²) >= 11 is 0. The van der Waals surface area contributed by atoms with Crippen LogP contribution in [0, 0.1) is 10.1 Å². The Kier molecular flexibility index (Phi) is 18.3. The van der Waals surface area contributed by atoms with Crippen molar-refractivity contribution in [1.29, 1.82) is 0 Å². The van der Waals surface area contributed by atoms with Gasteiger partial charge in [0.15, 0.2) is 0 Å². The minimum atomic E-state index is -0.673. The molecule has 0 aromatic carbocycles. The molecule has 1 N–H and O–H groups in total. The quantitative estimate of drug-likeness (QED) is 0.156. The number of nitro groups is 1. The van der Waals surface area contributed by atoms with Crippen molar-refractivity contribution in [2.45, 2.75) is 116 Å². The standard InChI is InChI=1S/C20H39NO4/c22-20(23)18-16-14-12-10-8-6-4-2-1-3-5-7-9-11-13-15-17-19-21(24)25/h1-19H2,(H,22,23). The number of carboxylic acid groups (broad SMARTS) is 1. The number of carbonyl (C=O) groups is 1. The zero-order valence-corrected chi connectivity index (χ0v) is 16.1. The number of hydrogen-bond acceptors (Lipinski definition) is 3. The van der Waals surface area contributed by atoms with Gasteiger partial charge in [0.1, 0.15) is 0 Å². The lowest BCUT2D eigenvalue weighted by Gasteiger charge is -2.03. The fourth-order valence-corrected chi connectivity index (χ4v) is 3.17. The van der Waals surface area contributed by atoms with E-state index in [0.717, 1.165) is 32.1 Å². The largest absolute Gasteiger partial charge is 0.481 e. The van der Waals surface area contributed by atoms with Gasteiger partial charge in [-0.25, -0.2) is 0 Å². The summed E-state index contributed by atoms with van der Waals surface area (Å²) in [6, 6.07) is 0. The van der Waals surface area contributed by atoms with Gasteiger partial charge in [-0.2, -0.15) is 0 Å². The lowest BCUT2D eigenvalue weighted by Crippen LogP contribution is -1.99. The molecule has 0 aromatic heterocycles. The first kappa shape index (κ1) is 23.9. The molecule has 5 heteroatoms. The lowest BCUT2D eigenvalue weighted by molar-refractivity contribution is -0.480. The molecule has 25 heavy (non-hydrogen) atoms. The van der Waals surface area contributed by atoms with Crippen molar-refractivity contribution in [2.75, 3.05) is 6.54 Å². The number of hydrogen-bond donors (Lipinski definition) is 1. The Labute approximate surface area is 153 Å². The fourth-order valence-electron chi connectivity index (χ4n) is 3.17. The van der Waals surface area contributed by atoms with E-state index in [-0.39, 0.29) is 11.5 Å². The lowest BCUT2D eigenvalue weighted by atomic mass is 10.0. The summed E-state index contributed by atoms with van der Waals surface area (Å²) < 4.78 is 0.